The van der Waals surface area contributed by atoms with Crippen LogP contribution in [0.2, 0.25) is 0 Å². The first-order chi connectivity index (χ1) is 11.7. The second-order valence-electron chi connectivity index (χ2n) is 6.61. The van der Waals surface area contributed by atoms with Crippen molar-refractivity contribution < 1.29 is 14.3 Å². The quantitative estimate of drug-likeness (QED) is 0.852. The highest BCUT2D eigenvalue weighted by Gasteiger charge is 2.35. The molecule has 0 unspecified atom stereocenters. The van der Waals surface area contributed by atoms with Crippen molar-refractivity contribution in [2.75, 3.05) is 20.3 Å². The van der Waals surface area contributed by atoms with Crippen molar-refractivity contribution in [1.29, 1.82) is 5.26 Å². The second kappa shape index (κ2) is 7.57. The lowest BCUT2D eigenvalue weighted by Gasteiger charge is -2.44. The molecular formula is C19H24N2O3. The second-order valence-corrected chi connectivity index (χ2v) is 6.61. The summed E-state index contributed by atoms with van der Waals surface area (Å²) in [6.07, 6.45) is 7.22. The number of hydrogen-bond acceptors (Lipinski definition) is 4. The summed E-state index contributed by atoms with van der Waals surface area (Å²) < 4.78 is 10.9. The van der Waals surface area contributed by atoms with Crippen molar-refractivity contribution in [2.24, 2.45) is 5.92 Å². The molecule has 1 heterocycles. The van der Waals surface area contributed by atoms with E-state index >= 15 is 0 Å². The van der Waals surface area contributed by atoms with Gasteiger partial charge in [-0.2, -0.15) is 5.26 Å². The van der Waals surface area contributed by atoms with Gasteiger partial charge < -0.3 is 14.4 Å². The van der Waals surface area contributed by atoms with Crippen LogP contribution in [0.5, 0.6) is 11.5 Å². The minimum absolute atomic E-state index is 0.0193. The average Bonchev–Trinajstić information content (AvgIpc) is 2.65. The number of hydrogen-bond donors (Lipinski definition) is 0. The van der Waals surface area contributed by atoms with Gasteiger partial charge in [0.25, 0.3) is 5.91 Å². The Balaban J connectivity index is 1.64. The largest absolute Gasteiger partial charge is 0.493 e. The molecule has 0 spiro atoms. The smallest absolute Gasteiger partial charge is 0.260 e. The molecule has 0 N–H and O–H groups in total. The van der Waals surface area contributed by atoms with Crippen LogP contribution in [0.25, 0.3) is 0 Å². The lowest BCUT2D eigenvalue weighted by molar-refractivity contribution is -0.139. The van der Waals surface area contributed by atoms with Crippen LogP contribution in [0.15, 0.2) is 18.2 Å². The molecule has 0 aromatic heterocycles. The molecule has 24 heavy (non-hydrogen) atoms. The van der Waals surface area contributed by atoms with Gasteiger partial charge in [-0.15, -0.1) is 0 Å². The van der Waals surface area contributed by atoms with E-state index in [-0.39, 0.29) is 12.5 Å². The number of rotatable bonds is 4. The summed E-state index contributed by atoms with van der Waals surface area (Å²) >= 11 is 0. The van der Waals surface area contributed by atoms with Crippen LogP contribution in [-0.4, -0.2) is 37.1 Å². The molecule has 3 rings (SSSR count). The standard InChI is InChI=1S/C19H24N2O3/c1-23-18-11-14(12-20)8-9-17(18)24-13-19(22)21-10-4-6-15-5-2-3-7-16(15)21/h8-9,11,15-16H,2-7,10,13H2,1H3/t15-,16-/m1/s1. The highest BCUT2D eigenvalue weighted by molar-refractivity contribution is 5.78. The molecule has 1 saturated heterocycles. The summed E-state index contributed by atoms with van der Waals surface area (Å²) in [6, 6.07) is 7.44. The Morgan fingerprint density at radius 2 is 2.04 bits per heavy atom. The van der Waals surface area contributed by atoms with Gasteiger partial charge in [0, 0.05) is 18.7 Å². The summed E-state index contributed by atoms with van der Waals surface area (Å²) in [4.78, 5) is 14.7. The first-order valence-corrected chi connectivity index (χ1v) is 8.73. The SMILES string of the molecule is COc1cc(C#N)ccc1OCC(=O)N1CCC[C@H]2CCCC[C@H]21. The molecule has 2 fully saturated rings. The Bertz CT molecular complexity index is 636. The molecule has 2 atom stereocenters. The Hall–Kier alpha value is -2.22. The van der Waals surface area contributed by atoms with Crippen LogP contribution >= 0.6 is 0 Å². The highest BCUT2D eigenvalue weighted by atomic mass is 16.5. The monoisotopic (exact) mass is 328 g/mol. The number of likely N-dealkylation sites (tertiary alicyclic amines) is 1. The molecular weight excluding hydrogens is 304 g/mol. The first-order valence-electron chi connectivity index (χ1n) is 8.73. The molecule has 0 radical (unpaired) electrons. The Kier molecular flexibility index (Phi) is 5.24. The fourth-order valence-corrected chi connectivity index (χ4v) is 4.01. The van der Waals surface area contributed by atoms with E-state index in [1.807, 2.05) is 4.90 Å². The molecule has 128 valence electrons. The van der Waals surface area contributed by atoms with E-state index in [0.717, 1.165) is 19.4 Å². The Labute approximate surface area is 143 Å². The number of carbonyl (C=O) groups is 1. The molecule has 1 aromatic carbocycles. The average molecular weight is 328 g/mol. The minimum atomic E-state index is 0.0193. The van der Waals surface area contributed by atoms with E-state index in [1.54, 1.807) is 18.2 Å². The normalized spacial score (nSPS) is 23.1. The molecule has 1 aliphatic heterocycles. The van der Waals surface area contributed by atoms with Gasteiger partial charge in [0.15, 0.2) is 18.1 Å². The van der Waals surface area contributed by atoms with E-state index in [0.29, 0.717) is 29.0 Å². The van der Waals surface area contributed by atoms with Gasteiger partial charge in [-0.05, 0) is 43.7 Å². The summed E-state index contributed by atoms with van der Waals surface area (Å²) in [7, 11) is 1.53. The zero-order valence-corrected chi connectivity index (χ0v) is 14.2. The van der Waals surface area contributed by atoms with Gasteiger partial charge in [-0.1, -0.05) is 12.8 Å². The zero-order valence-electron chi connectivity index (χ0n) is 14.2. The lowest BCUT2D eigenvalue weighted by atomic mass is 9.78. The molecule has 0 bridgehead atoms. The number of methoxy groups -OCH3 is 1. The first kappa shape index (κ1) is 16.6. The molecule has 1 aromatic rings. The number of ether oxygens (including phenoxy) is 2. The van der Waals surface area contributed by atoms with Crippen LogP contribution in [0.1, 0.15) is 44.1 Å². The fourth-order valence-electron chi connectivity index (χ4n) is 4.01. The maximum absolute atomic E-state index is 12.7. The fraction of sp³-hybridized carbons (Fsp3) is 0.579. The third-order valence-corrected chi connectivity index (χ3v) is 5.21. The number of piperidine rings is 1. The minimum Gasteiger partial charge on any atom is -0.493 e. The number of nitrogens with zero attached hydrogens (tertiary/aromatic N) is 2. The maximum atomic E-state index is 12.7. The molecule has 1 aliphatic carbocycles. The van der Waals surface area contributed by atoms with E-state index in [4.69, 9.17) is 14.7 Å². The number of carbonyl (C=O) groups excluding carboxylic acids is 1. The van der Waals surface area contributed by atoms with Crippen molar-refractivity contribution in [3.63, 3.8) is 0 Å². The van der Waals surface area contributed by atoms with Gasteiger partial charge in [-0.25, -0.2) is 0 Å². The van der Waals surface area contributed by atoms with Gasteiger partial charge in [0.05, 0.1) is 18.7 Å². The molecule has 5 heteroatoms. The van der Waals surface area contributed by atoms with Gasteiger partial charge in [0.2, 0.25) is 0 Å². The highest BCUT2D eigenvalue weighted by Crippen LogP contribution is 2.35. The summed E-state index contributed by atoms with van der Waals surface area (Å²) in [6.45, 7) is 0.860. The van der Waals surface area contributed by atoms with Gasteiger partial charge in [0.1, 0.15) is 0 Å². The molecule has 1 amide bonds. The topological polar surface area (TPSA) is 62.6 Å². The van der Waals surface area contributed by atoms with Crippen LogP contribution in [-0.2, 0) is 4.79 Å². The number of nitriles is 1. The van der Waals surface area contributed by atoms with E-state index in [9.17, 15) is 4.79 Å². The summed E-state index contributed by atoms with van der Waals surface area (Å²) in [5, 5.41) is 8.94. The van der Waals surface area contributed by atoms with Crippen molar-refractivity contribution in [3.8, 4) is 17.6 Å². The van der Waals surface area contributed by atoms with Crippen LogP contribution in [0.3, 0.4) is 0 Å². The van der Waals surface area contributed by atoms with Gasteiger partial charge >= 0.3 is 0 Å². The van der Waals surface area contributed by atoms with Crippen molar-refractivity contribution >= 4 is 5.91 Å². The zero-order chi connectivity index (χ0) is 16.9. The number of fused-ring (bicyclic) bond motifs is 1. The number of benzene rings is 1. The summed E-state index contributed by atoms with van der Waals surface area (Å²) in [5.41, 5.74) is 0.506. The maximum Gasteiger partial charge on any atom is 0.260 e. The Morgan fingerprint density at radius 1 is 1.25 bits per heavy atom. The summed E-state index contributed by atoms with van der Waals surface area (Å²) in [5.74, 6) is 1.71. The molecule has 2 aliphatic rings. The van der Waals surface area contributed by atoms with Crippen LogP contribution in [0.4, 0.5) is 0 Å². The Morgan fingerprint density at radius 3 is 2.83 bits per heavy atom. The van der Waals surface area contributed by atoms with Crippen molar-refractivity contribution in [3.05, 3.63) is 23.8 Å². The van der Waals surface area contributed by atoms with Crippen molar-refractivity contribution in [2.45, 2.75) is 44.6 Å². The predicted molar refractivity (Wildman–Crippen MR) is 89.9 cm³/mol. The van der Waals surface area contributed by atoms with E-state index in [1.165, 1.54) is 32.8 Å². The molecule has 1 saturated carbocycles. The lowest BCUT2D eigenvalue weighted by Crippen LogP contribution is -2.51. The van der Waals surface area contributed by atoms with E-state index < -0.39 is 0 Å². The van der Waals surface area contributed by atoms with Crippen LogP contribution in [0, 0.1) is 17.2 Å². The third kappa shape index (κ3) is 3.48. The van der Waals surface area contributed by atoms with Crippen LogP contribution < -0.4 is 9.47 Å². The number of amides is 1. The van der Waals surface area contributed by atoms with Gasteiger partial charge in [-0.3, -0.25) is 4.79 Å². The van der Waals surface area contributed by atoms with E-state index in [2.05, 4.69) is 6.07 Å². The van der Waals surface area contributed by atoms with Crippen molar-refractivity contribution in [1.82, 2.24) is 4.90 Å². The predicted octanol–water partition coefficient (Wildman–Crippen LogP) is 3.13. The molecule has 5 nitrogen and oxygen atoms in total. The third-order valence-electron chi connectivity index (χ3n) is 5.21.